The van der Waals surface area contributed by atoms with Crippen LogP contribution in [0.25, 0.3) is 0 Å². The summed E-state index contributed by atoms with van der Waals surface area (Å²) in [6, 6.07) is 14.0. The highest BCUT2D eigenvalue weighted by molar-refractivity contribution is 5.95. The van der Waals surface area contributed by atoms with E-state index in [0.717, 1.165) is 5.56 Å². The van der Waals surface area contributed by atoms with Gasteiger partial charge in [-0.1, -0.05) is 24.3 Å². The van der Waals surface area contributed by atoms with Gasteiger partial charge in [-0.3, -0.25) is 20.4 Å². The van der Waals surface area contributed by atoms with Gasteiger partial charge in [-0.25, -0.2) is 0 Å². The van der Waals surface area contributed by atoms with Crippen LogP contribution in [0.15, 0.2) is 48.5 Å². The fourth-order valence-corrected chi connectivity index (χ4v) is 1.86. The van der Waals surface area contributed by atoms with Gasteiger partial charge in [0.2, 0.25) is 0 Å². The van der Waals surface area contributed by atoms with Gasteiger partial charge in [-0.05, 0) is 36.8 Å². The highest BCUT2D eigenvalue weighted by atomic mass is 16.5. The second kappa shape index (κ2) is 7.84. The van der Waals surface area contributed by atoms with Crippen LogP contribution in [0.5, 0.6) is 11.5 Å². The van der Waals surface area contributed by atoms with Gasteiger partial charge in [-0.15, -0.1) is 0 Å². The van der Waals surface area contributed by atoms with Crippen LogP contribution in [0, 0.1) is 6.92 Å². The maximum absolute atomic E-state index is 11.9. The lowest BCUT2D eigenvalue weighted by molar-refractivity contribution is -0.123. The van der Waals surface area contributed by atoms with Crippen LogP contribution >= 0.6 is 0 Å². The second-order valence-corrected chi connectivity index (χ2v) is 4.79. The Labute approximate surface area is 134 Å². The van der Waals surface area contributed by atoms with E-state index in [-0.39, 0.29) is 6.61 Å². The molecule has 0 aliphatic rings. The van der Waals surface area contributed by atoms with E-state index in [1.807, 2.05) is 25.1 Å². The number of ether oxygens (including phenoxy) is 2. The largest absolute Gasteiger partial charge is 0.497 e. The predicted molar refractivity (Wildman–Crippen MR) is 85.3 cm³/mol. The van der Waals surface area contributed by atoms with Crippen LogP contribution in [0.3, 0.4) is 0 Å². The van der Waals surface area contributed by atoms with Crippen LogP contribution in [-0.4, -0.2) is 25.5 Å². The first-order valence-corrected chi connectivity index (χ1v) is 7.02. The Kier molecular flexibility index (Phi) is 5.57. The van der Waals surface area contributed by atoms with Crippen molar-refractivity contribution in [2.24, 2.45) is 0 Å². The Morgan fingerprint density at radius 3 is 2.57 bits per heavy atom. The minimum absolute atomic E-state index is 0.191. The van der Waals surface area contributed by atoms with E-state index in [9.17, 15) is 9.59 Å². The van der Waals surface area contributed by atoms with Gasteiger partial charge in [-0.2, -0.15) is 0 Å². The molecule has 0 radical (unpaired) electrons. The second-order valence-electron chi connectivity index (χ2n) is 4.79. The van der Waals surface area contributed by atoms with Gasteiger partial charge in [0.1, 0.15) is 11.5 Å². The smallest absolute Gasteiger partial charge is 0.276 e. The standard InChI is InChI=1S/C17H18N2O4/c1-12-6-3-4-9-15(12)23-11-16(20)18-19-17(21)13-7-5-8-14(10-13)22-2/h3-10H,11H2,1-2H3,(H,18,20)(H,19,21). The third kappa shape index (κ3) is 4.74. The number of benzene rings is 2. The molecule has 0 saturated carbocycles. The summed E-state index contributed by atoms with van der Waals surface area (Å²) in [5.41, 5.74) is 5.94. The summed E-state index contributed by atoms with van der Waals surface area (Å²) in [7, 11) is 1.52. The van der Waals surface area contributed by atoms with E-state index < -0.39 is 11.8 Å². The molecule has 0 aliphatic heterocycles. The van der Waals surface area contributed by atoms with Crippen LogP contribution < -0.4 is 20.3 Å². The van der Waals surface area contributed by atoms with Gasteiger partial charge >= 0.3 is 0 Å². The molecule has 0 spiro atoms. The maximum atomic E-state index is 11.9. The predicted octanol–water partition coefficient (Wildman–Crippen LogP) is 1.84. The molecule has 23 heavy (non-hydrogen) atoms. The van der Waals surface area contributed by atoms with Crippen molar-refractivity contribution in [2.75, 3.05) is 13.7 Å². The fraction of sp³-hybridized carbons (Fsp3) is 0.176. The highest BCUT2D eigenvalue weighted by Crippen LogP contribution is 2.15. The zero-order valence-electron chi connectivity index (χ0n) is 13.0. The SMILES string of the molecule is COc1cccc(C(=O)NNC(=O)COc2ccccc2C)c1. The number of nitrogens with one attached hydrogen (secondary N) is 2. The van der Waals surface area contributed by atoms with Gasteiger partial charge in [0.05, 0.1) is 7.11 Å². The Morgan fingerprint density at radius 1 is 1.04 bits per heavy atom. The molecule has 2 N–H and O–H groups in total. The molecule has 0 aliphatic carbocycles. The molecule has 2 aromatic carbocycles. The molecule has 0 unspecified atom stereocenters. The van der Waals surface area contributed by atoms with E-state index in [1.54, 1.807) is 30.3 Å². The topological polar surface area (TPSA) is 76.7 Å². The molecular weight excluding hydrogens is 296 g/mol. The fourth-order valence-electron chi connectivity index (χ4n) is 1.86. The molecule has 0 heterocycles. The quantitative estimate of drug-likeness (QED) is 0.826. The minimum atomic E-state index is -0.454. The molecule has 6 nitrogen and oxygen atoms in total. The molecule has 2 rings (SSSR count). The highest BCUT2D eigenvalue weighted by Gasteiger charge is 2.09. The normalized spacial score (nSPS) is 9.83. The third-order valence-corrected chi connectivity index (χ3v) is 3.10. The van der Waals surface area contributed by atoms with Gasteiger partial charge in [0, 0.05) is 5.56 Å². The molecular formula is C17H18N2O4. The molecule has 0 bridgehead atoms. The summed E-state index contributed by atoms with van der Waals surface area (Å²) < 4.78 is 10.4. The molecule has 2 aromatic rings. The van der Waals surface area contributed by atoms with Crippen molar-refractivity contribution in [1.82, 2.24) is 10.9 Å². The molecule has 120 valence electrons. The molecule has 6 heteroatoms. The van der Waals surface area contributed by atoms with Crippen LogP contribution in [0.2, 0.25) is 0 Å². The zero-order chi connectivity index (χ0) is 16.7. The lowest BCUT2D eigenvalue weighted by atomic mass is 10.2. The van der Waals surface area contributed by atoms with E-state index in [4.69, 9.17) is 9.47 Å². The van der Waals surface area contributed by atoms with E-state index in [1.165, 1.54) is 7.11 Å². The lowest BCUT2D eigenvalue weighted by Gasteiger charge is -2.10. The molecule has 0 aromatic heterocycles. The number of hydrogen-bond acceptors (Lipinski definition) is 4. The van der Waals surface area contributed by atoms with Crippen LogP contribution in [0.4, 0.5) is 0 Å². The average Bonchev–Trinajstić information content (AvgIpc) is 2.59. The van der Waals surface area contributed by atoms with Gasteiger partial charge in [0.15, 0.2) is 6.61 Å². The maximum Gasteiger partial charge on any atom is 0.276 e. The van der Waals surface area contributed by atoms with Gasteiger partial charge < -0.3 is 9.47 Å². The van der Waals surface area contributed by atoms with Crippen molar-refractivity contribution < 1.29 is 19.1 Å². The number of carbonyl (C=O) groups is 2. The minimum Gasteiger partial charge on any atom is -0.497 e. The lowest BCUT2D eigenvalue weighted by Crippen LogP contribution is -2.43. The van der Waals surface area contributed by atoms with Crippen molar-refractivity contribution in [3.63, 3.8) is 0 Å². The Balaban J connectivity index is 1.82. The number of rotatable bonds is 5. The Morgan fingerprint density at radius 2 is 1.83 bits per heavy atom. The van der Waals surface area contributed by atoms with Crippen molar-refractivity contribution in [2.45, 2.75) is 6.92 Å². The average molecular weight is 314 g/mol. The Hall–Kier alpha value is -3.02. The first-order valence-electron chi connectivity index (χ1n) is 7.02. The first-order chi connectivity index (χ1) is 11.1. The van der Waals surface area contributed by atoms with Gasteiger partial charge in [0.25, 0.3) is 11.8 Å². The van der Waals surface area contributed by atoms with E-state index in [0.29, 0.717) is 17.1 Å². The number of methoxy groups -OCH3 is 1. The summed E-state index contributed by atoms with van der Waals surface area (Å²) in [6.07, 6.45) is 0. The summed E-state index contributed by atoms with van der Waals surface area (Å²) in [6.45, 7) is 1.70. The summed E-state index contributed by atoms with van der Waals surface area (Å²) >= 11 is 0. The summed E-state index contributed by atoms with van der Waals surface area (Å²) in [4.78, 5) is 23.6. The van der Waals surface area contributed by atoms with E-state index in [2.05, 4.69) is 10.9 Å². The number of carbonyl (C=O) groups excluding carboxylic acids is 2. The van der Waals surface area contributed by atoms with Crippen LogP contribution in [-0.2, 0) is 4.79 Å². The van der Waals surface area contributed by atoms with Crippen molar-refractivity contribution in [3.8, 4) is 11.5 Å². The Bertz CT molecular complexity index is 700. The van der Waals surface area contributed by atoms with E-state index >= 15 is 0 Å². The van der Waals surface area contributed by atoms with Crippen LogP contribution in [0.1, 0.15) is 15.9 Å². The molecule has 0 saturated heterocycles. The van der Waals surface area contributed by atoms with Crippen molar-refractivity contribution in [3.05, 3.63) is 59.7 Å². The molecule has 0 atom stereocenters. The summed E-state index contributed by atoms with van der Waals surface area (Å²) in [5, 5.41) is 0. The first kappa shape index (κ1) is 16.4. The molecule has 2 amide bonds. The monoisotopic (exact) mass is 314 g/mol. The third-order valence-electron chi connectivity index (χ3n) is 3.10. The van der Waals surface area contributed by atoms with Crippen molar-refractivity contribution in [1.29, 1.82) is 0 Å². The number of hydrazine groups is 1. The molecule has 0 fully saturated rings. The zero-order valence-corrected chi connectivity index (χ0v) is 13.0. The number of aryl methyl sites for hydroxylation is 1. The summed E-state index contributed by atoms with van der Waals surface area (Å²) in [5.74, 6) is 0.297. The number of para-hydroxylation sites is 1. The number of hydrogen-bond donors (Lipinski definition) is 2. The number of amides is 2. The van der Waals surface area contributed by atoms with Crippen molar-refractivity contribution >= 4 is 11.8 Å².